The zero-order valence-electron chi connectivity index (χ0n) is 17.6. The maximum atomic E-state index is 13.0. The summed E-state index contributed by atoms with van der Waals surface area (Å²) in [5.74, 6) is 1.59. The molecule has 1 atom stereocenters. The highest BCUT2D eigenvalue weighted by molar-refractivity contribution is 5.85. The summed E-state index contributed by atoms with van der Waals surface area (Å²) in [5, 5.41) is 4.17. The van der Waals surface area contributed by atoms with Crippen molar-refractivity contribution >= 4 is 41.8 Å². The third kappa shape index (κ3) is 5.89. The fraction of sp³-hybridized carbons (Fsp3) is 0.652. The van der Waals surface area contributed by atoms with Crippen molar-refractivity contribution < 1.29 is 4.79 Å². The van der Waals surface area contributed by atoms with Crippen LogP contribution in [0.2, 0.25) is 0 Å². The molecule has 2 saturated carbocycles. The van der Waals surface area contributed by atoms with Gasteiger partial charge in [0.25, 0.3) is 0 Å². The van der Waals surface area contributed by atoms with Crippen molar-refractivity contribution in [3.63, 3.8) is 0 Å². The van der Waals surface area contributed by atoms with Crippen molar-refractivity contribution in [1.82, 2.24) is 15.3 Å². The van der Waals surface area contributed by atoms with Crippen molar-refractivity contribution in [3.05, 3.63) is 30.1 Å². The molecular weight excluding hydrogens is 419 g/mol. The summed E-state index contributed by atoms with van der Waals surface area (Å²) in [6.07, 6.45) is 16.6. The van der Waals surface area contributed by atoms with Crippen LogP contribution in [-0.2, 0) is 11.3 Å². The predicted molar refractivity (Wildman–Crippen MR) is 127 cm³/mol. The van der Waals surface area contributed by atoms with Gasteiger partial charge in [-0.25, -0.2) is 4.98 Å². The molecule has 2 aromatic heterocycles. The van der Waals surface area contributed by atoms with E-state index in [2.05, 4.69) is 21.4 Å². The molecule has 0 aromatic carbocycles. The number of hydrogen-bond donors (Lipinski definition) is 3. The highest BCUT2D eigenvalue weighted by atomic mass is 35.5. The molecular formula is C23H36Cl2N4O. The minimum Gasteiger partial charge on any atom is -0.351 e. The highest BCUT2D eigenvalue weighted by Gasteiger charge is 2.38. The summed E-state index contributed by atoms with van der Waals surface area (Å²) >= 11 is 0. The maximum Gasteiger partial charge on any atom is 0.237 e. The van der Waals surface area contributed by atoms with E-state index in [9.17, 15) is 4.79 Å². The average molecular weight is 455 g/mol. The van der Waals surface area contributed by atoms with E-state index in [1.54, 1.807) is 0 Å². The van der Waals surface area contributed by atoms with Crippen LogP contribution in [0.1, 0.15) is 69.8 Å². The number of nitrogens with zero attached hydrogens (tertiary/aromatic N) is 1. The van der Waals surface area contributed by atoms with Gasteiger partial charge in [-0.1, -0.05) is 64.2 Å². The van der Waals surface area contributed by atoms with Gasteiger partial charge in [0.1, 0.15) is 5.65 Å². The number of pyridine rings is 1. The first-order valence-electron chi connectivity index (χ1n) is 11.2. The molecule has 0 unspecified atom stereocenters. The fourth-order valence-electron chi connectivity index (χ4n) is 5.57. The quantitative estimate of drug-likeness (QED) is 0.565. The molecule has 2 fully saturated rings. The van der Waals surface area contributed by atoms with Crippen LogP contribution >= 0.6 is 24.8 Å². The van der Waals surface area contributed by atoms with Gasteiger partial charge < -0.3 is 16.0 Å². The molecule has 0 saturated heterocycles. The van der Waals surface area contributed by atoms with E-state index < -0.39 is 6.04 Å². The molecule has 4 rings (SSSR count). The van der Waals surface area contributed by atoms with E-state index in [1.165, 1.54) is 64.2 Å². The number of fused-ring (bicyclic) bond motifs is 1. The predicted octanol–water partition coefficient (Wildman–Crippen LogP) is 5.13. The number of carbonyl (C=O) groups is 1. The van der Waals surface area contributed by atoms with Crippen molar-refractivity contribution in [1.29, 1.82) is 0 Å². The lowest BCUT2D eigenvalue weighted by Crippen LogP contribution is -2.50. The Hall–Kier alpha value is -1.30. The summed E-state index contributed by atoms with van der Waals surface area (Å²) in [5.41, 5.74) is 8.52. The van der Waals surface area contributed by atoms with Crippen LogP contribution in [0.15, 0.2) is 24.5 Å². The zero-order valence-corrected chi connectivity index (χ0v) is 19.3. The average Bonchev–Trinajstić information content (AvgIpc) is 3.21. The number of nitrogens with one attached hydrogen (secondary N) is 2. The van der Waals surface area contributed by atoms with E-state index >= 15 is 0 Å². The van der Waals surface area contributed by atoms with Crippen molar-refractivity contribution in [2.45, 2.75) is 76.8 Å². The number of aromatic nitrogens is 2. The Balaban J connectivity index is 0.00000160. The molecule has 2 aromatic rings. The number of halogens is 2. The Morgan fingerprint density at radius 2 is 1.67 bits per heavy atom. The number of H-pyrrole nitrogens is 1. The van der Waals surface area contributed by atoms with Crippen LogP contribution in [0, 0.1) is 17.8 Å². The lowest BCUT2D eigenvalue weighted by Gasteiger charge is -2.40. The van der Waals surface area contributed by atoms with Crippen LogP contribution < -0.4 is 11.1 Å². The van der Waals surface area contributed by atoms with E-state index in [1.807, 2.05) is 18.5 Å². The van der Waals surface area contributed by atoms with Gasteiger partial charge >= 0.3 is 0 Å². The van der Waals surface area contributed by atoms with E-state index in [-0.39, 0.29) is 30.7 Å². The Bertz CT molecular complexity index is 766. The Morgan fingerprint density at radius 3 is 2.27 bits per heavy atom. The lowest BCUT2D eigenvalue weighted by molar-refractivity contribution is -0.125. The van der Waals surface area contributed by atoms with Gasteiger partial charge in [-0.15, -0.1) is 24.8 Å². The van der Waals surface area contributed by atoms with Crippen molar-refractivity contribution in [2.75, 3.05) is 0 Å². The summed E-state index contributed by atoms with van der Waals surface area (Å²) in [6.45, 7) is 0.489. The molecule has 7 heteroatoms. The molecule has 2 heterocycles. The molecule has 2 aliphatic carbocycles. The van der Waals surface area contributed by atoms with Crippen molar-refractivity contribution in [3.8, 4) is 0 Å². The number of carbonyl (C=O) groups excluding carboxylic acids is 1. The molecule has 0 spiro atoms. The second kappa shape index (κ2) is 11.9. The van der Waals surface area contributed by atoms with Crippen LogP contribution in [0.4, 0.5) is 0 Å². The van der Waals surface area contributed by atoms with Crippen LogP contribution in [0.3, 0.4) is 0 Å². The molecule has 2 aliphatic rings. The monoisotopic (exact) mass is 454 g/mol. The second-order valence-electron chi connectivity index (χ2n) is 8.88. The summed E-state index contributed by atoms with van der Waals surface area (Å²) in [6, 6.07) is 3.68. The summed E-state index contributed by atoms with van der Waals surface area (Å²) in [4.78, 5) is 20.5. The number of aromatic amines is 1. The van der Waals surface area contributed by atoms with Gasteiger partial charge in [0.2, 0.25) is 5.91 Å². The zero-order chi connectivity index (χ0) is 19.3. The van der Waals surface area contributed by atoms with Gasteiger partial charge in [-0.05, 0) is 35.4 Å². The molecule has 4 N–H and O–H groups in total. The molecule has 168 valence electrons. The highest BCUT2D eigenvalue weighted by Crippen LogP contribution is 2.41. The normalized spacial score (nSPS) is 19.1. The second-order valence-corrected chi connectivity index (χ2v) is 8.88. The smallest absolute Gasteiger partial charge is 0.237 e. The number of amides is 1. The maximum absolute atomic E-state index is 13.0. The minimum atomic E-state index is -0.393. The molecule has 30 heavy (non-hydrogen) atoms. The van der Waals surface area contributed by atoms with Gasteiger partial charge in [0.05, 0.1) is 6.04 Å². The lowest BCUT2D eigenvalue weighted by atomic mass is 9.66. The number of hydrogen-bond acceptors (Lipinski definition) is 3. The Labute approximate surface area is 192 Å². The SMILES string of the molecule is Cl.Cl.N[C@@H](C(=O)NCc1cnc2[nH]ccc2c1)C(C1CCCCC1)C1CCCCC1. The summed E-state index contributed by atoms with van der Waals surface area (Å²) in [7, 11) is 0. The van der Waals surface area contributed by atoms with Gasteiger partial charge in [0.15, 0.2) is 0 Å². The van der Waals surface area contributed by atoms with Crippen molar-refractivity contribution in [2.24, 2.45) is 23.5 Å². The first kappa shape index (κ1) is 25.0. The van der Waals surface area contributed by atoms with Gasteiger partial charge in [-0.2, -0.15) is 0 Å². The molecule has 0 aliphatic heterocycles. The Kier molecular flexibility index (Phi) is 9.92. The standard InChI is InChI=1S/C23H34N4O.2ClH/c24-21(20(17-7-3-1-4-8-17)18-9-5-2-6-10-18)23(28)27-15-16-13-19-11-12-25-22(19)26-14-16;;/h11-14,17-18,20-21H,1-10,15,24H2,(H,25,26)(H,27,28);2*1H/t21-;;/m1../s1. The van der Waals surface area contributed by atoms with Gasteiger partial charge in [0, 0.05) is 24.3 Å². The molecule has 0 bridgehead atoms. The molecule has 1 amide bonds. The molecule has 0 radical (unpaired) electrons. The fourth-order valence-corrected chi connectivity index (χ4v) is 5.57. The number of nitrogens with two attached hydrogens (primary N) is 1. The first-order valence-corrected chi connectivity index (χ1v) is 11.2. The van der Waals surface area contributed by atoms with Crippen LogP contribution in [-0.4, -0.2) is 21.9 Å². The van der Waals surface area contributed by atoms with Crippen LogP contribution in [0.25, 0.3) is 11.0 Å². The largest absolute Gasteiger partial charge is 0.351 e. The van der Waals surface area contributed by atoms with E-state index in [0.717, 1.165) is 16.6 Å². The minimum absolute atomic E-state index is 0. The van der Waals surface area contributed by atoms with Gasteiger partial charge in [-0.3, -0.25) is 4.79 Å². The molecule has 5 nitrogen and oxygen atoms in total. The van der Waals surface area contributed by atoms with E-state index in [0.29, 0.717) is 24.3 Å². The Morgan fingerprint density at radius 1 is 1.07 bits per heavy atom. The third-order valence-electron chi connectivity index (χ3n) is 7.03. The third-order valence-corrected chi connectivity index (χ3v) is 7.03. The van der Waals surface area contributed by atoms with Crippen LogP contribution in [0.5, 0.6) is 0 Å². The topological polar surface area (TPSA) is 83.8 Å². The first-order chi connectivity index (χ1) is 13.7. The van der Waals surface area contributed by atoms with E-state index in [4.69, 9.17) is 5.73 Å². The summed E-state index contributed by atoms with van der Waals surface area (Å²) < 4.78 is 0. The number of rotatable bonds is 6.